The molecular formula is C32H41N3O4+2. The van der Waals surface area contributed by atoms with Crippen LogP contribution in [0.25, 0.3) is 10.8 Å². The number of piperazine rings is 1. The summed E-state index contributed by atoms with van der Waals surface area (Å²) in [5, 5.41) is 12.4. The van der Waals surface area contributed by atoms with Crippen molar-refractivity contribution in [1.29, 1.82) is 0 Å². The van der Waals surface area contributed by atoms with Crippen molar-refractivity contribution in [1.82, 2.24) is 4.90 Å². The Labute approximate surface area is 231 Å². The molecule has 1 fully saturated rings. The molecule has 0 aromatic heterocycles. The molecule has 5 rings (SSSR count). The standard InChI is InChI=1S/C32H39N3O4/c1-22-11-12-28(27(19-22)32(2,3)4)39-21-24(36)20-34-15-13-33(14-16-34)17-18-35-30(37)25-9-5-7-23-8-6-10-26(29(23)25)31(35)38/h5-12,19,24,36H,13-18,20-21H2,1-4H3/p+2/t24-/m0/s1. The first-order chi connectivity index (χ1) is 18.6. The van der Waals surface area contributed by atoms with E-state index < -0.39 is 6.10 Å². The minimum Gasteiger partial charge on any atom is -0.490 e. The van der Waals surface area contributed by atoms with Gasteiger partial charge in [-0.1, -0.05) is 62.7 Å². The Balaban J connectivity index is 1.10. The minimum absolute atomic E-state index is 0.0309. The summed E-state index contributed by atoms with van der Waals surface area (Å²) in [6.07, 6.45) is -0.540. The van der Waals surface area contributed by atoms with E-state index in [1.165, 1.54) is 20.3 Å². The van der Waals surface area contributed by atoms with E-state index in [1.54, 1.807) is 0 Å². The Bertz CT molecular complexity index is 1320. The number of aryl methyl sites for hydroxylation is 1. The fourth-order valence-corrected chi connectivity index (χ4v) is 5.90. The van der Waals surface area contributed by atoms with Gasteiger partial charge < -0.3 is 19.6 Å². The molecule has 0 bridgehead atoms. The third-order valence-corrected chi connectivity index (χ3v) is 8.11. The molecule has 1 atom stereocenters. The van der Waals surface area contributed by atoms with Gasteiger partial charge in [-0.2, -0.15) is 0 Å². The zero-order chi connectivity index (χ0) is 27.7. The van der Waals surface area contributed by atoms with Crippen molar-refractivity contribution in [2.45, 2.75) is 39.2 Å². The van der Waals surface area contributed by atoms with Gasteiger partial charge in [0, 0.05) is 16.5 Å². The molecule has 0 unspecified atom stereocenters. The Morgan fingerprint density at radius 1 is 0.923 bits per heavy atom. The first kappa shape index (κ1) is 27.3. The topological polar surface area (TPSA) is 75.7 Å². The normalized spacial score (nSPS) is 20.4. The number of nitrogens with zero attached hydrogens (tertiary/aromatic N) is 1. The largest absolute Gasteiger partial charge is 0.490 e. The Morgan fingerprint density at radius 3 is 2.15 bits per heavy atom. The summed E-state index contributed by atoms with van der Waals surface area (Å²) in [4.78, 5) is 30.5. The van der Waals surface area contributed by atoms with Crippen LogP contribution in [-0.4, -0.2) is 80.3 Å². The highest BCUT2D eigenvalue weighted by molar-refractivity contribution is 6.25. The molecule has 1 saturated heterocycles. The lowest BCUT2D eigenvalue weighted by Crippen LogP contribution is -3.28. The van der Waals surface area contributed by atoms with E-state index in [0.717, 1.165) is 54.8 Å². The predicted octanol–water partition coefficient (Wildman–Crippen LogP) is 1.27. The number of carbonyl (C=O) groups is 2. The second-order valence-electron chi connectivity index (χ2n) is 12.1. The van der Waals surface area contributed by atoms with Crippen molar-refractivity contribution in [2.75, 3.05) is 52.4 Å². The molecule has 3 aromatic carbocycles. The highest BCUT2D eigenvalue weighted by Crippen LogP contribution is 2.32. The molecule has 0 aliphatic carbocycles. The molecule has 3 N–H and O–H groups in total. The third-order valence-electron chi connectivity index (χ3n) is 8.11. The van der Waals surface area contributed by atoms with E-state index in [9.17, 15) is 14.7 Å². The van der Waals surface area contributed by atoms with E-state index >= 15 is 0 Å². The molecule has 3 aromatic rings. The second-order valence-corrected chi connectivity index (χ2v) is 12.1. The molecular weight excluding hydrogens is 490 g/mol. The lowest BCUT2D eigenvalue weighted by molar-refractivity contribution is -1.01. The number of benzene rings is 3. The Kier molecular flexibility index (Phi) is 7.76. The maximum absolute atomic E-state index is 13.2. The van der Waals surface area contributed by atoms with Crippen LogP contribution in [0.3, 0.4) is 0 Å². The fourth-order valence-electron chi connectivity index (χ4n) is 5.90. The molecule has 2 heterocycles. The van der Waals surface area contributed by atoms with Crippen LogP contribution in [0.5, 0.6) is 5.75 Å². The van der Waals surface area contributed by atoms with Crippen molar-refractivity contribution in [3.8, 4) is 5.75 Å². The van der Waals surface area contributed by atoms with Crippen LogP contribution in [0.4, 0.5) is 0 Å². The first-order valence-corrected chi connectivity index (χ1v) is 14.1. The predicted molar refractivity (Wildman–Crippen MR) is 152 cm³/mol. The smallest absolute Gasteiger partial charge is 0.261 e. The van der Waals surface area contributed by atoms with Crippen molar-refractivity contribution in [3.05, 3.63) is 76.9 Å². The third kappa shape index (κ3) is 5.86. The number of carbonyl (C=O) groups excluding carboxylic acids is 2. The average Bonchev–Trinajstić information content (AvgIpc) is 2.91. The van der Waals surface area contributed by atoms with Gasteiger partial charge in [0.1, 0.15) is 51.2 Å². The molecule has 0 spiro atoms. The van der Waals surface area contributed by atoms with Crippen molar-refractivity contribution in [2.24, 2.45) is 0 Å². The number of quaternary nitrogens is 2. The maximum atomic E-state index is 13.2. The summed E-state index contributed by atoms with van der Waals surface area (Å²) in [7, 11) is 0. The van der Waals surface area contributed by atoms with Crippen LogP contribution in [0.15, 0.2) is 54.6 Å². The van der Waals surface area contributed by atoms with Gasteiger partial charge in [0.15, 0.2) is 0 Å². The monoisotopic (exact) mass is 531 g/mol. The number of nitrogens with one attached hydrogen (secondary N) is 2. The number of hydrogen-bond donors (Lipinski definition) is 3. The molecule has 7 nitrogen and oxygen atoms in total. The molecule has 7 heteroatoms. The molecule has 0 saturated carbocycles. The minimum atomic E-state index is -0.540. The van der Waals surface area contributed by atoms with Gasteiger partial charge in [0.2, 0.25) is 0 Å². The van der Waals surface area contributed by atoms with Gasteiger partial charge in [0.05, 0.1) is 13.1 Å². The summed E-state index contributed by atoms with van der Waals surface area (Å²) in [6.45, 7) is 14.4. The van der Waals surface area contributed by atoms with Crippen molar-refractivity contribution < 1.29 is 29.2 Å². The lowest BCUT2D eigenvalue weighted by atomic mass is 9.85. The maximum Gasteiger partial charge on any atom is 0.261 e. The summed E-state index contributed by atoms with van der Waals surface area (Å²) in [6, 6.07) is 17.5. The van der Waals surface area contributed by atoms with E-state index in [1.807, 2.05) is 48.5 Å². The van der Waals surface area contributed by atoms with Crippen molar-refractivity contribution >= 4 is 22.6 Å². The van der Waals surface area contributed by atoms with E-state index in [-0.39, 0.29) is 23.8 Å². The molecule has 2 amide bonds. The zero-order valence-corrected chi connectivity index (χ0v) is 23.5. The van der Waals surface area contributed by atoms with E-state index in [0.29, 0.717) is 24.2 Å². The fraction of sp³-hybridized carbons (Fsp3) is 0.438. The van der Waals surface area contributed by atoms with Crippen LogP contribution < -0.4 is 14.5 Å². The lowest BCUT2D eigenvalue weighted by Gasteiger charge is -2.33. The van der Waals surface area contributed by atoms with Crippen LogP contribution in [0.1, 0.15) is 52.6 Å². The molecule has 39 heavy (non-hydrogen) atoms. The Hall–Kier alpha value is -3.26. The summed E-state index contributed by atoms with van der Waals surface area (Å²) >= 11 is 0. The zero-order valence-electron chi connectivity index (χ0n) is 23.5. The number of imide groups is 1. The van der Waals surface area contributed by atoms with Crippen molar-refractivity contribution in [3.63, 3.8) is 0 Å². The van der Waals surface area contributed by atoms with E-state index in [2.05, 4.69) is 33.8 Å². The highest BCUT2D eigenvalue weighted by Gasteiger charge is 2.34. The van der Waals surface area contributed by atoms with Gasteiger partial charge in [-0.25, -0.2) is 0 Å². The summed E-state index contributed by atoms with van der Waals surface area (Å²) < 4.78 is 6.08. The molecule has 206 valence electrons. The molecule has 2 aliphatic heterocycles. The second kappa shape index (κ2) is 11.1. The van der Waals surface area contributed by atoms with Gasteiger partial charge >= 0.3 is 0 Å². The number of ether oxygens (including phenoxy) is 1. The van der Waals surface area contributed by atoms with Gasteiger partial charge in [-0.15, -0.1) is 0 Å². The number of amides is 2. The van der Waals surface area contributed by atoms with Gasteiger partial charge in [-0.3, -0.25) is 14.5 Å². The average molecular weight is 532 g/mol. The quantitative estimate of drug-likeness (QED) is 0.383. The number of aliphatic hydroxyl groups excluding tert-OH is 1. The highest BCUT2D eigenvalue weighted by atomic mass is 16.5. The number of aliphatic hydroxyl groups is 1. The summed E-state index contributed by atoms with van der Waals surface area (Å²) in [5.74, 6) is 0.454. The van der Waals surface area contributed by atoms with Crippen LogP contribution in [0.2, 0.25) is 0 Å². The Morgan fingerprint density at radius 2 is 1.54 bits per heavy atom. The number of rotatable bonds is 8. The SMILES string of the molecule is Cc1ccc(OC[C@@H](O)C[NH+]2CC[NH+](CCN3C(=O)c4cccc5cccc(c45)C3=O)CC2)c(C(C)(C)C)c1. The van der Waals surface area contributed by atoms with Crippen LogP contribution in [-0.2, 0) is 5.41 Å². The molecule has 0 radical (unpaired) electrons. The van der Waals surface area contributed by atoms with Gasteiger partial charge in [-0.05, 0) is 41.5 Å². The van der Waals surface area contributed by atoms with Crippen LogP contribution >= 0.6 is 0 Å². The van der Waals surface area contributed by atoms with E-state index in [4.69, 9.17) is 4.74 Å². The van der Waals surface area contributed by atoms with Crippen LogP contribution in [0, 0.1) is 6.92 Å². The summed E-state index contributed by atoms with van der Waals surface area (Å²) in [5.41, 5.74) is 3.56. The molecule has 2 aliphatic rings. The number of hydrogen-bond acceptors (Lipinski definition) is 4. The van der Waals surface area contributed by atoms with Gasteiger partial charge in [0.25, 0.3) is 11.8 Å². The first-order valence-electron chi connectivity index (χ1n) is 14.1.